The maximum atomic E-state index is 5.88. The molecule has 1 fully saturated rings. The van der Waals surface area contributed by atoms with Crippen LogP contribution in [-0.2, 0) is 0 Å². The Morgan fingerprint density at radius 2 is 2.44 bits per heavy atom. The van der Waals surface area contributed by atoms with Crippen molar-refractivity contribution in [2.45, 2.75) is 44.7 Å². The van der Waals surface area contributed by atoms with E-state index >= 15 is 0 Å². The second kappa shape index (κ2) is 6.73. The van der Waals surface area contributed by atoms with Crippen LogP contribution in [0.5, 0.6) is 0 Å². The molecule has 0 amide bonds. The molecule has 0 aromatic carbocycles. The van der Waals surface area contributed by atoms with Crippen LogP contribution in [-0.4, -0.2) is 23.6 Å². The first kappa shape index (κ1) is 14.1. The molecule has 100 valence electrons. The molecule has 1 aliphatic rings. The minimum Gasteiger partial charge on any atom is -0.381 e. The van der Waals surface area contributed by atoms with E-state index in [0.717, 1.165) is 23.1 Å². The molecule has 2 N–H and O–H groups in total. The molecule has 2 heterocycles. The monoisotopic (exact) mass is 331 g/mol. The van der Waals surface area contributed by atoms with E-state index in [-0.39, 0.29) is 0 Å². The van der Waals surface area contributed by atoms with Gasteiger partial charge in [0.25, 0.3) is 0 Å². The molecule has 0 radical (unpaired) electrons. The van der Waals surface area contributed by atoms with E-state index in [1.165, 1.54) is 19.3 Å². The van der Waals surface area contributed by atoms with Crippen LogP contribution in [0.4, 0.5) is 5.69 Å². The molecule has 1 aromatic heterocycles. The third-order valence-electron chi connectivity index (χ3n) is 3.26. The highest BCUT2D eigenvalue weighted by molar-refractivity contribution is 9.10. The zero-order valence-corrected chi connectivity index (χ0v) is 12.9. The van der Waals surface area contributed by atoms with E-state index in [1.807, 2.05) is 6.07 Å². The molecule has 1 saturated heterocycles. The Labute approximate surface area is 122 Å². The van der Waals surface area contributed by atoms with Crippen LogP contribution in [0.1, 0.15) is 32.6 Å². The first-order valence-corrected chi connectivity index (χ1v) is 7.63. The van der Waals surface area contributed by atoms with Gasteiger partial charge in [0.2, 0.25) is 0 Å². The quantitative estimate of drug-likeness (QED) is 0.823. The van der Waals surface area contributed by atoms with Crippen molar-refractivity contribution in [1.29, 1.82) is 0 Å². The molecule has 1 aromatic rings. The summed E-state index contributed by atoms with van der Waals surface area (Å²) in [5.74, 6) is 0. The second-order valence-electron chi connectivity index (χ2n) is 4.92. The number of pyridine rings is 1. The fraction of sp³-hybridized carbons (Fsp3) is 0.615. The maximum Gasteiger partial charge on any atom is 0.143 e. The molecule has 2 rings (SSSR count). The minimum absolute atomic E-state index is 0.426. The lowest BCUT2D eigenvalue weighted by molar-refractivity contribution is 0.371. The van der Waals surface area contributed by atoms with Gasteiger partial charge in [-0.05, 0) is 54.7 Å². The Bertz CT molecular complexity index is 394. The van der Waals surface area contributed by atoms with Crippen LogP contribution in [0.15, 0.2) is 16.7 Å². The lowest BCUT2D eigenvalue weighted by atomic mass is 9.99. The van der Waals surface area contributed by atoms with Crippen LogP contribution < -0.4 is 10.6 Å². The van der Waals surface area contributed by atoms with E-state index < -0.39 is 0 Å². The summed E-state index contributed by atoms with van der Waals surface area (Å²) in [6, 6.07) is 3.04. The Morgan fingerprint density at radius 3 is 3.11 bits per heavy atom. The fourth-order valence-electron chi connectivity index (χ4n) is 2.40. The van der Waals surface area contributed by atoms with Crippen molar-refractivity contribution < 1.29 is 0 Å². The van der Waals surface area contributed by atoms with Gasteiger partial charge in [-0.15, -0.1) is 0 Å². The summed E-state index contributed by atoms with van der Waals surface area (Å²) in [6.07, 6.45) is 6.86. The Morgan fingerprint density at radius 1 is 1.61 bits per heavy atom. The van der Waals surface area contributed by atoms with E-state index in [2.05, 4.69) is 38.5 Å². The number of piperidine rings is 1. The minimum atomic E-state index is 0.426. The van der Waals surface area contributed by atoms with Crippen molar-refractivity contribution >= 4 is 33.2 Å². The molecule has 0 bridgehead atoms. The largest absolute Gasteiger partial charge is 0.381 e. The highest BCUT2D eigenvalue weighted by Gasteiger charge is 2.15. The first-order chi connectivity index (χ1) is 8.65. The summed E-state index contributed by atoms with van der Waals surface area (Å²) in [4.78, 5) is 4.12. The van der Waals surface area contributed by atoms with E-state index in [4.69, 9.17) is 11.6 Å². The normalized spacial score (nSPS) is 21.6. The Kier molecular flexibility index (Phi) is 5.27. The molecule has 0 spiro atoms. The van der Waals surface area contributed by atoms with Gasteiger partial charge in [0.15, 0.2) is 0 Å². The van der Waals surface area contributed by atoms with Gasteiger partial charge in [-0.1, -0.05) is 18.0 Å². The highest BCUT2D eigenvalue weighted by atomic mass is 79.9. The molecule has 0 saturated carbocycles. The lowest BCUT2D eigenvalue weighted by Crippen LogP contribution is -2.37. The standard InChI is InChI=1S/C13H19BrClN3/c1-9(6-10-4-2-3-5-16-10)18-11-7-12(14)13(15)17-8-11/h7-10,16,18H,2-6H2,1H3. The van der Waals surface area contributed by atoms with Gasteiger partial charge >= 0.3 is 0 Å². The molecule has 5 heteroatoms. The van der Waals surface area contributed by atoms with Gasteiger partial charge in [-0.3, -0.25) is 0 Å². The molecule has 0 aliphatic carbocycles. The number of aromatic nitrogens is 1. The van der Waals surface area contributed by atoms with E-state index in [9.17, 15) is 0 Å². The van der Waals surface area contributed by atoms with Crippen LogP contribution >= 0.6 is 27.5 Å². The van der Waals surface area contributed by atoms with Crippen LogP contribution in [0, 0.1) is 0 Å². The van der Waals surface area contributed by atoms with Crippen molar-refractivity contribution in [2.24, 2.45) is 0 Å². The average molecular weight is 333 g/mol. The number of hydrogen-bond acceptors (Lipinski definition) is 3. The van der Waals surface area contributed by atoms with Gasteiger partial charge in [0, 0.05) is 12.1 Å². The van der Waals surface area contributed by atoms with Gasteiger partial charge < -0.3 is 10.6 Å². The number of nitrogens with one attached hydrogen (secondary N) is 2. The molecule has 2 unspecified atom stereocenters. The van der Waals surface area contributed by atoms with Gasteiger partial charge in [0.05, 0.1) is 16.4 Å². The first-order valence-electron chi connectivity index (χ1n) is 6.46. The molecule has 1 aliphatic heterocycles. The van der Waals surface area contributed by atoms with Crippen LogP contribution in [0.2, 0.25) is 5.15 Å². The third-order valence-corrected chi connectivity index (χ3v) is 4.39. The molecule has 18 heavy (non-hydrogen) atoms. The topological polar surface area (TPSA) is 37.0 Å². The van der Waals surface area contributed by atoms with Crippen molar-refractivity contribution in [3.05, 3.63) is 21.9 Å². The lowest BCUT2D eigenvalue weighted by Gasteiger charge is -2.27. The number of anilines is 1. The maximum absolute atomic E-state index is 5.88. The van der Waals surface area contributed by atoms with Crippen molar-refractivity contribution in [2.75, 3.05) is 11.9 Å². The molecular formula is C13H19BrClN3. The summed E-state index contributed by atoms with van der Waals surface area (Å²) in [5.41, 5.74) is 1.01. The number of rotatable bonds is 4. The van der Waals surface area contributed by atoms with Gasteiger partial charge in [-0.25, -0.2) is 4.98 Å². The predicted octanol–water partition coefficient (Wildman–Crippen LogP) is 3.83. The van der Waals surface area contributed by atoms with Crippen molar-refractivity contribution in [1.82, 2.24) is 10.3 Å². The van der Waals surface area contributed by atoms with Crippen LogP contribution in [0.25, 0.3) is 0 Å². The fourth-order valence-corrected chi connectivity index (χ4v) is 2.85. The summed E-state index contributed by atoms with van der Waals surface area (Å²) in [6.45, 7) is 3.37. The smallest absolute Gasteiger partial charge is 0.143 e. The number of halogens is 2. The average Bonchev–Trinajstić information content (AvgIpc) is 2.35. The van der Waals surface area contributed by atoms with Crippen LogP contribution in [0.3, 0.4) is 0 Å². The zero-order valence-electron chi connectivity index (χ0n) is 10.5. The Hall–Kier alpha value is -0.320. The summed E-state index contributed by atoms with van der Waals surface area (Å²) >= 11 is 9.26. The molecule has 3 nitrogen and oxygen atoms in total. The van der Waals surface area contributed by atoms with E-state index in [1.54, 1.807) is 6.20 Å². The summed E-state index contributed by atoms with van der Waals surface area (Å²) in [7, 11) is 0. The zero-order chi connectivity index (χ0) is 13.0. The van der Waals surface area contributed by atoms with E-state index in [0.29, 0.717) is 17.2 Å². The highest BCUT2D eigenvalue weighted by Crippen LogP contribution is 2.23. The molecule has 2 atom stereocenters. The molecular weight excluding hydrogens is 314 g/mol. The SMILES string of the molecule is CC(CC1CCCCN1)Nc1cnc(Cl)c(Br)c1. The summed E-state index contributed by atoms with van der Waals surface area (Å²) < 4.78 is 0.831. The number of hydrogen-bond donors (Lipinski definition) is 2. The number of nitrogens with zero attached hydrogens (tertiary/aromatic N) is 1. The van der Waals surface area contributed by atoms with Crippen molar-refractivity contribution in [3.8, 4) is 0 Å². The van der Waals surface area contributed by atoms with Gasteiger partial charge in [0.1, 0.15) is 5.15 Å². The van der Waals surface area contributed by atoms with Crippen molar-refractivity contribution in [3.63, 3.8) is 0 Å². The summed E-state index contributed by atoms with van der Waals surface area (Å²) in [5, 5.41) is 7.54. The second-order valence-corrected chi connectivity index (χ2v) is 6.14. The van der Waals surface area contributed by atoms with Gasteiger partial charge in [-0.2, -0.15) is 0 Å². The third kappa shape index (κ3) is 4.11. The predicted molar refractivity (Wildman–Crippen MR) is 80.3 cm³/mol. The Balaban J connectivity index is 1.85.